The molecule has 0 N–H and O–H groups in total. The van der Waals surface area contributed by atoms with E-state index in [0.29, 0.717) is 12.2 Å². The molecule has 1 fully saturated rings. The van der Waals surface area contributed by atoms with Gasteiger partial charge >= 0.3 is 0 Å². The van der Waals surface area contributed by atoms with Crippen molar-refractivity contribution in [1.82, 2.24) is 0 Å². The first kappa shape index (κ1) is 16.0. The summed E-state index contributed by atoms with van der Waals surface area (Å²) >= 11 is 0. The van der Waals surface area contributed by atoms with Crippen LogP contribution in [0.2, 0.25) is 0 Å². The van der Waals surface area contributed by atoms with Gasteiger partial charge in [-0.15, -0.1) is 6.58 Å². The number of rotatable bonds is 4. The number of carbonyl (C=O) groups excluding carboxylic acids is 1. The predicted molar refractivity (Wildman–Crippen MR) is 91.3 cm³/mol. The molecule has 5 heteroatoms. The Labute approximate surface area is 146 Å². The second-order valence-electron chi connectivity index (χ2n) is 6.50. The lowest BCUT2D eigenvalue weighted by Gasteiger charge is -2.29. The van der Waals surface area contributed by atoms with Gasteiger partial charge in [0.25, 0.3) is 0 Å². The van der Waals surface area contributed by atoms with E-state index < -0.39 is 5.60 Å². The van der Waals surface area contributed by atoms with Crippen LogP contribution in [-0.4, -0.2) is 25.3 Å². The number of benzene rings is 1. The molecule has 25 heavy (non-hydrogen) atoms. The molecular weight excluding hydrogens is 320 g/mol. The van der Waals surface area contributed by atoms with Crippen LogP contribution in [0.15, 0.2) is 54.3 Å². The summed E-state index contributed by atoms with van der Waals surface area (Å²) in [7, 11) is 1.55. The summed E-state index contributed by atoms with van der Waals surface area (Å²) < 4.78 is 22.5. The molecule has 0 radical (unpaired) electrons. The van der Waals surface area contributed by atoms with Gasteiger partial charge in [-0.25, -0.2) is 0 Å². The van der Waals surface area contributed by atoms with Gasteiger partial charge < -0.3 is 18.9 Å². The number of ketones is 1. The van der Waals surface area contributed by atoms with Gasteiger partial charge in [0, 0.05) is 31.1 Å². The molecule has 2 heterocycles. The van der Waals surface area contributed by atoms with Crippen LogP contribution in [0.1, 0.15) is 25.0 Å². The van der Waals surface area contributed by atoms with Gasteiger partial charge in [0.15, 0.2) is 22.9 Å². The van der Waals surface area contributed by atoms with Crippen LogP contribution in [0.25, 0.3) is 0 Å². The number of ether oxygens (including phenoxy) is 4. The van der Waals surface area contributed by atoms with E-state index in [2.05, 4.69) is 13.5 Å². The first-order chi connectivity index (χ1) is 12.1. The molecule has 0 bridgehead atoms. The van der Waals surface area contributed by atoms with Gasteiger partial charge in [-0.2, -0.15) is 0 Å². The average molecular weight is 340 g/mol. The van der Waals surface area contributed by atoms with Gasteiger partial charge in [-0.1, -0.05) is 19.1 Å². The van der Waals surface area contributed by atoms with Crippen LogP contribution in [0, 0.1) is 5.92 Å². The van der Waals surface area contributed by atoms with Crippen LogP contribution in [0.3, 0.4) is 0 Å². The van der Waals surface area contributed by atoms with Crippen LogP contribution in [0.5, 0.6) is 11.5 Å². The topological polar surface area (TPSA) is 54.0 Å². The summed E-state index contributed by atoms with van der Waals surface area (Å²) in [6.07, 6.45) is 5.39. The Hall–Kier alpha value is -2.53. The molecule has 0 aromatic heterocycles. The number of methoxy groups -OCH3 is 1. The van der Waals surface area contributed by atoms with Gasteiger partial charge in [-0.05, 0) is 23.8 Å². The summed E-state index contributed by atoms with van der Waals surface area (Å²) in [6, 6.07) is 5.81. The molecule has 2 aliphatic heterocycles. The van der Waals surface area contributed by atoms with E-state index in [1.807, 2.05) is 24.3 Å². The summed E-state index contributed by atoms with van der Waals surface area (Å²) in [5.41, 5.74) is 1.00. The largest absolute Gasteiger partial charge is 0.485 e. The normalized spacial score (nSPS) is 29.6. The van der Waals surface area contributed by atoms with E-state index in [-0.39, 0.29) is 24.6 Å². The Bertz CT molecular complexity index is 806. The Kier molecular flexibility index (Phi) is 3.69. The molecular formula is C20H20O5. The van der Waals surface area contributed by atoms with E-state index in [4.69, 9.17) is 18.9 Å². The number of carbonyl (C=O) groups is 1. The Morgan fingerprint density at radius 1 is 1.36 bits per heavy atom. The fourth-order valence-corrected chi connectivity index (χ4v) is 3.64. The van der Waals surface area contributed by atoms with Crippen LogP contribution in [-0.2, 0) is 14.3 Å². The quantitative estimate of drug-likeness (QED) is 0.786. The SMILES string of the molecule is C=CC[C@]1(OC)C=C2C(=CC1=O)O[C@@H](c1ccc3c(c1)OCO3)[C@@H]2C. The highest BCUT2D eigenvalue weighted by atomic mass is 16.7. The molecule has 3 aliphatic rings. The monoisotopic (exact) mass is 340 g/mol. The minimum atomic E-state index is -0.984. The molecule has 0 saturated carbocycles. The van der Waals surface area contributed by atoms with Crippen LogP contribution < -0.4 is 9.47 Å². The van der Waals surface area contributed by atoms with E-state index in [9.17, 15) is 4.79 Å². The van der Waals surface area contributed by atoms with E-state index >= 15 is 0 Å². The summed E-state index contributed by atoms with van der Waals surface area (Å²) in [5.74, 6) is 2.05. The molecule has 130 valence electrons. The minimum absolute atomic E-state index is 0.0825. The number of fused-ring (bicyclic) bond motifs is 2. The third-order valence-corrected chi connectivity index (χ3v) is 5.09. The average Bonchev–Trinajstić information content (AvgIpc) is 3.20. The molecule has 5 nitrogen and oxygen atoms in total. The van der Waals surface area contributed by atoms with Crippen molar-refractivity contribution >= 4 is 5.78 Å². The zero-order valence-electron chi connectivity index (χ0n) is 14.3. The molecule has 3 atom stereocenters. The van der Waals surface area contributed by atoms with Gasteiger partial charge in [0.05, 0.1) is 0 Å². The Morgan fingerprint density at radius 2 is 2.16 bits per heavy atom. The molecule has 1 saturated heterocycles. The lowest BCUT2D eigenvalue weighted by molar-refractivity contribution is -0.130. The van der Waals surface area contributed by atoms with E-state index in [1.165, 1.54) is 0 Å². The fourth-order valence-electron chi connectivity index (χ4n) is 3.64. The third kappa shape index (κ3) is 2.38. The summed E-state index contributed by atoms with van der Waals surface area (Å²) in [5, 5.41) is 0. The van der Waals surface area contributed by atoms with Crippen molar-refractivity contribution in [2.24, 2.45) is 5.92 Å². The zero-order chi connectivity index (χ0) is 17.6. The van der Waals surface area contributed by atoms with Gasteiger partial charge in [0.1, 0.15) is 11.9 Å². The van der Waals surface area contributed by atoms with Crippen LogP contribution >= 0.6 is 0 Å². The Morgan fingerprint density at radius 3 is 2.92 bits per heavy atom. The summed E-state index contributed by atoms with van der Waals surface area (Å²) in [4.78, 5) is 12.6. The maximum Gasteiger partial charge on any atom is 0.231 e. The molecule has 4 rings (SSSR count). The lowest BCUT2D eigenvalue weighted by atomic mass is 9.82. The smallest absolute Gasteiger partial charge is 0.231 e. The van der Waals surface area contributed by atoms with Crippen molar-refractivity contribution < 1.29 is 23.7 Å². The van der Waals surface area contributed by atoms with Crippen molar-refractivity contribution in [3.8, 4) is 11.5 Å². The molecule has 0 amide bonds. The van der Waals surface area contributed by atoms with E-state index in [1.54, 1.807) is 19.3 Å². The number of allylic oxidation sites excluding steroid dienone is 1. The first-order valence-electron chi connectivity index (χ1n) is 8.29. The highest BCUT2D eigenvalue weighted by molar-refractivity contribution is 6.01. The second kappa shape index (κ2) is 5.77. The highest BCUT2D eigenvalue weighted by Gasteiger charge is 2.45. The molecule has 0 spiro atoms. The third-order valence-electron chi connectivity index (χ3n) is 5.09. The zero-order valence-corrected chi connectivity index (χ0v) is 14.3. The standard InChI is InChI=1S/C20H20O5/c1-4-7-20(22-3)10-14-12(2)19(25-16(14)9-18(20)21)13-5-6-15-17(8-13)24-11-23-15/h4-6,8-10,12,19H,1,7,11H2,2-3H3/t12-,19-,20+/m1/s1. The Balaban J connectivity index is 1.70. The second-order valence-corrected chi connectivity index (χ2v) is 6.50. The van der Waals surface area contributed by atoms with Gasteiger partial charge in [0.2, 0.25) is 6.79 Å². The maximum absolute atomic E-state index is 12.6. The first-order valence-corrected chi connectivity index (χ1v) is 8.29. The maximum atomic E-state index is 12.6. The van der Waals surface area contributed by atoms with Crippen molar-refractivity contribution in [3.05, 3.63) is 59.9 Å². The molecule has 1 aromatic carbocycles. The van der Waals surface area contributed by atoms with Crippen molar-refractivity contribution in [1.29, 1.82) is 0 Å². The van der Waals surface area contributed by atoms with Crippen molar-refractivity contribution in [3.63, 3.8) is 0 Å². The van der Waals surface area contributed by atoms with Crippen molar-refractivity contribution in [2.45, 2.75) is 25.0 Å². The number of hydrogen-bond acceptors (Lipinski definition) is 5. The minimum Gasteiger partial charge on any atom is -0.485 e. The molecule has 1 aliphatic carbocycles. The van der Waals surface area contributed by atoms with Crippen molar-refractivity contribution in [2.75, 3.05) is 13.9 Å². The summed E-state index contributed by atoms with van der Waals surface area (Å²) in [6.45, 7) is 6.07. The van der Waals surface area contributed by atoms with E-state index in [0.717, 1.165) is 22.6 Å². The van der Waals surface area contributed by atoms with Crippen LogP contribution in [0.4, 0.5) is 0 Å². The lowest BCUT2D eigenvalue weighted by Crippen LogP contribution is -2.39. The number of hydrogen-bond donors (Lipinski definition) is 0. The fraction of sp³-hybridized carbons (Fsp3) is 0.350. The highest BCUT2D eigenvalue weighted by Crippen LogP contribution is 2.48. The molecule has 1 aromatic rings. The molecule has 0 unspecified atom stereocenters. The predicted octanol–water partition coefficient (Wildman–Crippen LogP) is 3.48. The van der Waals surface area contributed by atoms with Gasteiger partial charge in [-0.3, -0.25) is 4.79 Å².